The Morgan fingerprint density at radius 1 is 1.44 bits per heavy atom. The third kappa shape index (κ3) is 2.61. The van der Waals surface area contributed by atoms with Crippen LogP contribution in [0.4, 0.5) is 0 Å². The Labute approximate surface area is 94.1 Å². The first-order valence-electron chi connectivity index (χ1n) is 5.12. The lowest BCUT2D eigenvalue weighted by molar-refractivity contribution is 0.260. The minimum absolute atomic E-state index is 0.00776. The molecule has 4 nitrogen and oxygen atoms in total. The van der Waals surface area contributed by atoms with E-state index in [-0.39, 0.29) is 6.04 Å². The van der Waals surface area contributed by atoms with E-state index in [9.17, 15) is 0 Å². The van der Waals surface area contributed by atoms with Gasteiger partial charge in [0.1, 0.15) is 12.4 Å². The molecule has 0 amide bonds. The van der Waals surface area contributed by atoms with Gasteiger partial charge in [-0.2, -0.15) is 0 Å². The van der Waals surface area contributed by atoms with Gasteiger partial charge in [-0.3, -0.25) is 0 Å². The SMILES string of the molecule is C[C@@H](N)c1ccc(OCc2ccco2)nc1. The highest BCUT2D eigenvalue weighted by Gasteiger charge is 2.02. The molecule has 0 aliphatic carbocycles. The molecule has 2 rings (SSSR count). The molecule has 0 aliphatic heterocycles. The first-order valence-corrected chi connectivity index (χ1v) is 5.12. The number of pyridine rings is 1. The molecule has 0 saturated heterocycles. The Bertz CT molecular complexity index is 421. The van der Waals surface area contributed by atoms with Gasteiger partial charge in [-0.1, -0.05) is 6.07 Å². The molecule has 0 fully saturated rings. The minimum Gasteiger partial charge on any atom is -0.469 e. The molecule has 2 aromatic heterocycles. The Morgan fingerprint density at radius 2 is 2.31 bits per heavy atom. The number of aromatic nitrogens is 1. The molecule has 0 saturated carbocycles. The number of nitrogens with zero attached hydrogens (tertiary/aromatic N) is 1. The summed E-state index contributed by atoms with van der Waals surface area (Å²) in [6, 6.07) is 7.39. The fourth-order valence-corrected chi connectivity index (χ4v) is 1.29. The van der Waals surface area contributed by atoms with Gasteiger partial charge >= 0.3 is 0 Å². The van der Waals surface area contributed by atoms with Crippen LogP contribution in [0, 0.1) is 0 Å². The quantitative estimate of drug-likeness (QED) is 0.855. The maximum atomic E-state index is 5.72. The highest BCUT2D eigenvalue weighted by atomic mass is 16.5. The van der Waals surface area contributed by atoms with Gasteiger partial charge in [0.2, 0.25) is 5.88 Å². The smallest absolute Gasteiger partial charge is 0.213 e. The third-order valence-corrected chi connectivity index (χ3v) is 2.23. The highest BCUT2D eigenvalue weighted by molar-refractivity contribution is 5.20. The van der Waals surface area contributed by atoms with E-state index >= 15 is 0 Å². The van der Waals surface area contributed by atoms with Crippen molar-refractivity contribution in [3.8, 4) is 5.88 Å². The van der Waals surface area contributed by atoms with Crippen LogP contribution in [0.5, 0.6) is 5.88 Å². The summed E-state index contributed by atoms with van der Waals surface area (Å²) in [5.74, 6) is 1.35. The zero-order valence-electron chi connectivity index (χ0n) is 9.09. The van der Waals surface area contributed by atoms with Crippen LogP contribution in [0.2, 0.25) is 0 Å². The second-order valence-corrected chi connectivity index (χ2v) is 3.59. The van der Waals surface area contributed by atoms with Crippen LogP contribution in [-0.4, -0.2) is 4.98 Å². The summed E-state index contributed by atoms with van der Waals surface area (Å²) in [5, 5.41) is 0. The van der Waals surface area contributed by atoms with E-state index < -0.39 is 0 Å². The Kier molecular flexibility index (Phi) is 3.22. The molecule has 4 heteroatoms. The standard InChI is InChI=1S/C12H14N2O2/c1-9(13)10-4-5-12(14-7-10)16-8-11-3-2-6-15-11/h2-7,9H,8,13H2,1H3/t9-/m1/s1. The summed E-state index contributed by atoms with van der Waals surface area (Å²) in [6.45, 7) is 2.30. The fourth-order valence-electron chi connectivity index (χ4n) is 1.29. The molecule has 0 aliphatic rings. The van der Waals surface area contributed by atoms with E-state index in [1.165, 1.54) is 0 Å². The van der Waals surface area contributed by atoms with E-state index in [0.717, 1.165) is 11.3 Å². The second-order valence-electron chi connectivity index (χ2n) is 3.59. The van der Waals surface area contributed by atoms with Gasteiger partial charge < -0.3 is 14.9 Å². The van der Waals surface area contributed by atoms with E-state index in [2.05, 4.69) is 4.98 Å². The lowest BCUT2D eigenvalue weighted by Crippen LogP contribution is -2.05. The number of hydrogen-bond donors (Lipinski definition) is 1. The lowest BCUT2D eigenvalue weighted by Gasteiger charge is -2.06. The first kappa shape index (κ1) is 10.7. The van der Waals surface area contributed by atoms with Gasteiger partial charge in [-0.05, 0) is 24.6 Å². The Morgan fingerprint density at radius 3 is 2.88 bits per heavy atom. The Hall–Kier alpha value is -1.81. The van der Waals surface area contributed by atoms with Crippen molar-refractivity contribution in [3.05, 3.63) is 48.0 Å². The highest BCUT2D eigenvalue weighted by Crippen LogP contribution is 2.13. The predicted octanol–water partition coefficient (Wildman–Crippen LogP) is 2.27. The van der Waals surface area contributed by atoms with Crippen molar-refractivity contribution in [2.45, 2.75) is 19.6 Å². The normalized spacial score (nSPS) is 12.4. The van der Waals surface area contributed by atoms with Crippen LogP contribution in [0.1, 0.15) is 24.3 Å². The van der Waals surface area contributed by atoms with Gasteiger partial charge in [0, 0.05) is 18.3 Å². The van der Waals surface area contributed by atoms with Crippen molar-refractivity contribution in [1.82, 2.24) is 4.98 Å². The number of hydrogen-bond acceptors (Lipinski definition) is 4. The number of ether oxygens (including phenoxy) is 1. The van der Waals surface area contributed by atoms with Crippen molar-refractivity contribution in [2.75, 3.05) is 0 Å². The molecule has 0 aromatic carbocycles. The molecule has 1 atom stereocenters. The molecule has 84 valence electrons. The van der Waals surface area contributed by atoms with Crippen LogP contribution in [-0.2, 0) is 6.61 Å². The van der Waals surface area contributed by atoms with Crippen LogP contribution >= 0.6 is 0 Å². The molecular weight excluding hydrogens is 204 g/mol. The minimum atomic E-state index is -0.00776. The number of nitrogens with two attached hydrogens (primary N) is 1. The number of rotatable bonds is 4. The summed E-state index contributed by atoms with van der Waals surface area (Å²) >= 11 is 0. The van der Waals surface area contributed by atoms with E-state index in [4.69, 9.17) is 14.9 Å². The van der Waals surface area contributed by atoms with Crippen molar-refractivity contribution in [3.63, 3.8) is 0 Å². The summed E-state index contributed by atoms with van der Waals surface area (Å²) < 4.78 is 10.6. The average Bonchev–Trinajstić information content (AvgIpc) is 2.80. The summed E-state index contributed by atoms with van der Waals surface area (Å²) in [5.41, 5.74) is 6.71. The summed E-state index contributed by atoms with van der Waals surface area (Å²) in [7, 11) is 0. The van der Waals surface area contributed by atoms with Gasteiger partial charge in [0.15, 0.2) is 0 Å². The molecule has 2 aromatic rings. The van der Waals surface area contributed by atoms with E-state index in [1.54, 1.807) is 12.5 Å². The maximum absolute atomic E-state index is 5.72. The van der Waals surface area contributed by atoms with Crippen LogP contribution in [0.25, 0.3) is 0 Å². The molecular formula is C12H14N2O2. The molecule has 0 bridgehead atoms. The zero-order valence-corrected chi connectivity index (χ0v) is 9.09. The molecule has 0 unspecified atom stereocenters. The second kappa shape index (κ2) is 4.81. The van der Waals surface area contributed by atoms with Crippen molar-refractivity contribution >= 4 is 0 Å². The average molecular weight is 218 g/mol. The van der Waals surface area contributed by atoms with Crippen LogP contribution < -0.4 is 10.5 Å². The zero-order chi connectivity index (χ0) is 11.4. The largest absolute Gasteiger partial charge is 0.469 e. The Balaban J connectivity index is 1.95. The molecule has 0 radical (unpaired) electrons. The van der Waals surface area contributed by atoms with Gasteiger partial charge in [-0.25, -0.2) is 4.98 Å². The topological polar surface area (TPSA) is 61.3 Å². The molecule has 2 N–H and O–H groups in total. The molecule has 16 heavy (non-hydrogen) atoms. The van der Waals surface area contributed by atoms with Gasteiger partial charge in [-0.15, -0.1) is 0 Å². The van der Waals surface area contributed by atoms with Gasteiger partial charge in [0.25, 0.3) is 0 Å². The predicted molar refractivity (Wildman–Crippen MR) is 59.9 cm³/mol. The molecule has 2 heterocycles. The number of furan rings is 1. The summed E-state index contributed by atoms with van der Waals surface area (Å²) in [4.78, 5) is 4.16. The fraction of sp³-hybridized carbons (Fsp3) is 0.250. The van der Waals surface area contributed by atoms with E-state index in [0.29, 0.717) is 12.5 Å². The van der Waals surface area contributed by atoms with Crippen molar-refractivity contribution < 1.29 is 9.15 Å². The molecule has 0 spiro atoms. The first-order chi connectivity index (χ1) is 7.75. The summed E-state index contributed by atoms with van der Waals surface area (Å²) in [6.07, 6.45) is 3.34. The van der Waals surface area contributed by atoms with E-state index in [1.807, 2.05) is 31.2 Å². The van der Waals surface area contributed by atoms with Crippen molar-refractivity contribution in [1.29, 1.82) is 0 Å². The van der Waals surface area contributed by atoms with Crippen LogP contribution in [0.3, 0.4) is 0 Å². The van der Waals surface area contributed by atoms with Crippen molar-refractivity contribution in [2.24, 2.45) is 5.73 Å². The third-order valence-electron chi connectivity index (χ3n) is 2.23. The monoisotopic (exact) mass is 218 g/mol. The lowest BCUT2D eigenvalue weighted by atomic mass is 10.2. The maximum Gasteiger partial charge on any atom is 0.213 e. The van der Waals surface area contributed by atoms with Gasteiger partial charge in [0.05, 0.1) is 6.26 Å². The van der Waals surface area contributed by atoms with Crippen LogP contribution in [0.15, 0.2) is 41.1 Å².